The molecule has 1 saturated heterocycles. The maximum Gasteiger partial charge on any atom is 0.251 e. The summed E-state index contributed by atoms with van der Waals surface area (Å²) < 4.78 is 25.5. The highest BCUT2D eigenvalue weighted by Gasteiger charge is 2.21. The van der Waals surface area contributed by atoms with Gasteiger partial charge < -0.3 is 15.5 Å². The Bertz CT molecular complexity index is 787. The summed E-state index contributed by atoms with van der Waals surface area (Å²) in [6.45, 7) is 5.04. The summed E-state index contributed by atoms with van der Waals surface area (Å²) in [5.41, 5.74) is 0.198. The van der Waals surface area contributed by atoms with E-state index in [0.717, 1.165) is 43.2 Å². The molecular weight excluding hydrogens is 380 g/mol. The number of likely N-dealkylation sites (tertiary alicyclic amines) is 1. The molecule has 28 heavy (non-hydrogen) atoms. The molecule has 1 aromatic carbocycles. The Morgan fingerprint density at radius 2 is 1.89 bits per heavy atom. The molecule has 2 N–H and O–H groups in total. The molecule has 1 aliphatic heterocycles. The van der Waals surface area contributed by atoms with Crippen LogP contribution in [0.5, 0.6) is 0 Å². The van der Waals surface area contributed by atoms with Gasteiger partial charge in [-0.05, 0) is 44.0 Å². The SMILES string of the molecule is CCCN1CCC(NC(=O)CNC(=O)c2cccc(S(=O)(=O)N(C)C)c2)CC1. The number of nitrogens with one attached hydrogen (secondary N) is 2. The highest BCUT2D eigenvalue weighted by atomic mass is 32.2. The van der Waals surface area contributed by atoms with Gasteiger partial charge >= 0.3 is 0 Å². The number of hydrogen-bond donors (Lipinski definition) is 2. The van der Waals surface area contributed by atoms with Crippen LogP contribution in [-0.4, -0.2) is 75.8 Å². The second-order valence-electron chi connectivity index (χ2n) is 7.18. The fourth-order valence-electron chi connectivity index (χ4n) is 3.17. The third-order valence-corrected chi connectivity index (χ3v) is 6.59. The normalized spacial score (nSPS) is 16.1. The van der Waals surface area contributed by atoms with E-state index in [1.807, 2.05) is 0 Å². The van der Waals surface area contributed by atoms with E-state index in [1.54, 1.807) is 0 Å². The summed E-state index contributed by atoms with van der Waals surface area (Å²) in [6, 6.07) is 5.90. The summed E-state index contributed by atoms with van der Waals surface area (Å²) in [4.78, 5) is 26.9. The minimum Gasteiger partial charge on any atom is -0.352 e. The summed E-state index contributed by atoms with van der Waals surface area (Å²) in [5, 5.41) is 5.51. The molecular formula is C19H30N4O4S. The Labute approximate surface area is 167 Å². The average Bonchev–Trinajstić information content (AvgIpc) is 2.68. The number of amides is 2. The number of nitrogens with zero attached hydrogens (tertiary/aromatic N) is 2. The maximum absolute atomic E-state index is 12.3. The fraction of sp³-hybridized carbons (Fsp3) is 0.579. The highest BCUT2D eigenvalue weighted by molar-refractivity contribution is 7.89. The molecule has 0 bridgehead atoms. The average molecular weight is 411 g/mol. The number of carbonyl (C=O) groups excluding carboxylic acids is 2. The number of benzene rings is 1. The predicted molar refractivity (Wildman–Crippen MR) is 108 cm³/mol. The van der Waals surface area contributed by atoms with Crippen LogP contribution in [0, 0.1) is 0 Å². The van der Waals surface area contributed by atoms with Gasteiger partial charge in [-0.3, -0.25) is 9.59 Å². The van der Waals surface area contributed by atoms with E-state index < -0.39 is 15.9 Å². The van der Waals surface area contributed by atoms with E-state index in [2.05, 4.69) is 22.5 Å². The van der Waals surface area contributed by atoms with Crippen molar-refractivity contribution >= 4 is 21.8 Å². The minimum atomic E-state index is -3.62. The summed E-state index contributed by atoms with van der Waals surface area (Å²) in [7, 11) is -0.763. The van der Waals surface area contributed by atoms with Crippen LogP contribution in [0.25, 0.3) is 0 Å². The van der Waals surface area contributed by atoms with Crippen LogP contribution in [0.1, 0.15) is 36.5 Å². The summed E-state index contributed by atoms with van der Waals surface area (Å²) in [6.07, 6.45) is 2.94. The Morgan fingerprint density at radius 3 is 2.50 bits per heavy atom. The summed E-state index contributed by atoms with van der Waals surface area (Å²) >= 11 is 0. The van der Waals surface area contributed by atoms with Crippen LogP contribution in [0.4, 0.5) is 0 Å². The van der Waals surface area contributed by atoms with Gasteiger partial charge in [-0.1, -0.05) is 13.0 Å². The molecule has 0 spiro atoms. The van der Waals surface area contributed by atoms with Crippen molar-refractivity contribution in [1.82, 2.24) is 19.8 Å². The van der Waals surface area contributed by atoms with E-state index in [1.165, 1.54) is 38.4 Å². The molecule has 1 fully saturated rings. The van der Waals surface area contributed by atoms with Crippen molar-refractivity contribution in [2.45, 2.75) is 37.1 Å². The lowest BCUT2D eigenvalue weighted by molar-refractivity contribution is -0.121. The van der Waals surface area contributed by atoms with Gasteiger partial charge in [0.1, 0.15) is 0 Å². The highest BCUT2D eigenvalue weighted by Crippen LogP contribution is 2.15. The molecule has 8 nitrogen and oxygen atoms in total. The van der Waals surface area contributed by atoms with Crippen molar-refractivity contribution in [2.24, 2.45) is 0 Å². The lowest BCUT2D eigenvalue weighted by Crippen LogP contribution is -2.47. The number of sulfonamides is 1. The van der Waals surface area contributed by atoms with Crippen molar-refractivity contribution in [1.29, 1.82) is 0 Å². The van der Waals surface area contributed by atoms with Gasteiger partial charge in [0, 0.05) is 38.8 Å². The van der Waals surface area contributed by atoms with Crippen LogP contribution in [0.15, 0.2) is 29.2 Å². The molecule has 2 amide bonds. The first-order valence-electron chi connectivity index (χ1n) is 9.56. The lowest BCUT2D eigenvalue weighted by atomic mass is 10.0. The van der Waals surface area contributed by atoms with Gasteiger partial charge in [0.05, 0.1) is 11.4 Å². The molecule has 1 heterocycles. The molecule has 156 valence electrons. The van der Waals surface area contributed by atoms with Crippen molar-refractivity contribution in [2.75, 3.05) is 40.3 Å². The van der Waals surface area contributed by atoms with E-state index in [0.29, 0.717) is 0 Å². The van der Waals surface area contributed by atoms with Gasteiger partial charge in [-0.2, -0.15) is 0 Å². The first-order chi connectivity index (χ1) is 13.2. The molecule has 0 aliphatic carbocycles. The Kier molecular flexibility index (Phi) is 7.97. The largest absolute Gasteiger partial charge is 0.352 e. The number of rotatable bonds is 8. The third-order valence-electron chi connectivity index (χ3n) is 4.78. The van der Waals surface area contributed by atoms with Gasteiger partial charge in [0.2, 0.25) is 15.9 Å². The van der Waals surface area contributed by atoms with E-state index in [9.17, 15) is 18.0 Å². The standard InChI is InChI=1S/C19H30N4O4S/c1-4-10-23-11-8-16(9-12-23)21-18(24)14-20-19(25)15-6-5-7-17(13-15)28(26,27)22(2)3/h5-7,13,16H,4,8-12,14H2,1-3H3,(H,20,25)(H,21,24). The summed E-state index contributed by atoms with van der Waals surface area (Å²) in [5.74, 6) is -0.719. The molecule has 2 rings (SSSR count). The third kappa shape index (κ3) is 6.02. The van der Waals surface area contributed by atoms with E-state index >= 15 is 0 Å². The first-order valence-corrected chi connectivity index (χ1v) is 11.0. The van der Waals surface area contributed by atoms with E-state index in [-0.39, 0.29) is 29.0 Å². The fourth-order valence-corrected chi connectivity index (χ4v) is 4.12. The van der Waals surface area contributed by atoms with Crippen molar-refractivity contribution in [3.8, 4) is 0 Å². The molecule has 0 aromatic heterocycles. The molecule has 0 radical (unpaired) electrons. The molecule has 1 aromatic rings. The minimum absolute atomic E-state index is 0.0356. The van der Waals surface area contributed by atoms with Crippen molar-refractivity contribution in [3.63, 3.8) is 0 Å². The predicted octanol–water partition coefficient (Wildman–Crippen LogP) is 0.657. The van der Waals surface area contributed by atoms with Crippen molar-refractivity contribution in [3.05, 3.63) is 29.8 Å². The van der Waals surface area contributed by atoms with Crippen LogP contribution < -0.4 is 10.6 Å². The molecule has 0 saturated carbocycles. The maximum atomic E-state index is 12.3. The topological polar surface area (TPSA) is 98.8 Å². The molecule has 0 atom stereocenters. The molecule has 1 aliphatic rings. The Hall–Kier alpha value is -1.97. The van der Waals surface area contributed by atoms with Crippen LogP contribution in [0.3, 0.4) is 0 Å². The van der Waals surface area contributed by atoms with Crippen LogP contribution >= 0.6 is 0 Å². The van der Waals surface area contributed by atoms with Gasteiger partial charge in [0.15, 0.2) is 0 Å². The molecule has 0 unspecified atom stereocenters. The zero-order valence-corrected chi connectivity index (χ0v) is 17.6. The smallest absolute Gasteiger partial charge is 0.251 e. The van der Waals surface area contributed by atoms with Gasteiger partial charge in [0.25, 0.3) is 5.91 Å². The Balaban J connectivity index is 1.85. The number of carbonyl (C=O) groups is 2. The number of hydrogen-bond acceptors (Lipinski definition) is 5. The quantitative estimate of drug-likeness (QED) is 0.656. The zero-order chi connectivity index (χ0) is 20.7. The van der Waals surface area contributed by atoms with Gasteiger partial charge in [-0.15, -0.1) is 0 Å². The first kappa shape index (κ1) is 22.3. The van der Waals surface area contributed by atoms with Crippen LogP contribution in [-0.2, 0) is 14.8 Å². The second-order valence-corrected chi connectivity index (χ2v) is 9.33. The van der Waals surface area contributed by atoms with Crippen LogP contribution in [0.2, 0.25) is 0 Å². The van der Waals surface area contributed by atoms with Crippen molar-refractivity contribution < 1.29 is 18.0 Å². The lowest BCUT2D eigenvalue weighted by Gasteiger charge is -2.32. The monoisotopic (exact) mass is 410 g/mol. The van der Waals surface area contributed by atoms with Gasteiger partial charge in [-0.25, -0.2) is 12.7 Å². The second kappa shape index (κ2) is 9.99. The van der Waals surface area contributed by atoms with E-state index in [4.69, 9.17) is 0 Å². The zero-order valence-electron chi connectivity index (χ0n) is 16.8. The number of piperidine rings is 1. The molecule has 9 heteroatoms. The Morgan fingerprint density at radius 1 is 1.21 bits per heavy atom.